The van der Waals surface area contributed by atoms with E-state index >= 15 is 0 Å². The van der Waals surface area contributed by atoms with Crippen LogP contribution in [0.1, 0.15) is 16.7 Å². The summed E-state index contributed by atoms with van der Waals surface area (Å²) in [4.78, 5) is 8.66. The fraction of sp³-hybridized carbons (Fsp3) is 0.0909. The van der Waals surface area contributed by atoms with Gasteiger partial charge in [-0.15, -0.1) is 0 Å². The molecule has 0 fully saturated rings. The zero-order chi connectivity index (χ0) is 20.8. The number of imidazole rings is 1. The van der Waals surface area contributed by atoms with Crippen LogP contribution in [0.15, 0.2) is 47.5 Å². The molecule has 1 aromatic heterocycles. The number of nitrogens with zero attached hydrogens (tertiary/aromatic N) is 5. The van der Waals surface area contributed by atoms with Crippen molar-refractivity contribution in [2.24, 2.45) is 12.0 Å². The normalized spacial score (nSPS) is 11.1. The molecule has 0 radical (unpaired) electrons. The van der Waals surface area contributed by atoms with Crippen molar-refractivity contribution < 1.29 is 0 Å². The van der Waals surface area contributed by atoms with Crippen molar-refractivity contribution in [1.82, 2.24) is 9.55 Å². The molecule has 2 N–H and O–H groups in total. The van der Waals surface area contributed by atoms with Crippen LogP contribution in [0.25, 0.3) is 17.1 Å². The summed E-state index contributed by atoms with van der Waals surface area (Å²) in [7, 11) is 1.88. The van der Waals surface area contributed by atoms with Gasteiger partial charge < -0.3 is 9.88 Å². The first-order chi connectivity index (χ1) is 14.0. The number of hydrogen-bond donors (Lipinski definition) is 2. The summed E-state index contributed by atoms with van der Waals surface area (Å²) in [5.74, 6) is 0.887. The van der Waals surface area contributed by atoms with Gasteiger partial charge >= 0.3 is 0 Å². The molecule has 0 spiro atoms. The van der Waals surface area contributed by atoms with Crippen LogP contribution in [0.5, 0.6) is 0 Å². The van der Waals surface area contributed by atoms with Crippen molar-refractivity contribution in [2.45, 2.75) is 6.92 Å². The Morgan fingerprint density at radius 1 is 1.21 bits per heavy atom. The van der Waals surface area contributed by atoms with Crippen LogP contribution in [-0.4, -0.2) is 15.5 Å². The number of terminal acetylenes is 1. The predicted octanol–water partition coefficient (Wildman–Crippen LogP) is 3.76. The van der Waals surface area contributed by atoms with E-state index < -0.39 is 0 Å². The Labute approximate surface area is 168 Å². The minimum Gasteiger partial charge on any atom is -0.325 e. The number of anilines is 2. The SMILES string of the molecule is C#CN=C(Nc1ccc(C#N)cc1)Nc1nc2c(C)cc(/C=C/C#N)cc2n1C. The van der Waals surface area contributed by atoms with Gasteiger partial charge in [0.25, 0.3) is 0 Å². The van der Waals surface area contributed by atoms with E-state index in [-0.39, 0.29) is 0 Å². The van der Waals surface area contributed by atoms with Crippen LogP contribution in [0, 0.1) is 42.1 Å². The quantitative estimate of drug-likeness (QED) is 0.312. The van der Waals surface area contributed by atoms with Gasteiger partial charge in [0.1, 0.15) is 0 Å². The summed E-state index contributed by atoms with van der Waals surface area (Å²) in [6.07, 6.45) is 8.56. The summed E-state index contributed by atoms with van der Waals surface area (Å²) in [6, 6.07) is 17.2. The number of benzene rings is 2. The Hall–Kier alpha value is -4.54. The molecule has 0 aliphatic rings. The highest BCUT2D eigenvalue weighted by Gasteiger charge is 2.12. The van der Waals surface area contributed by atoms with E-state index in [4.69, 9.17) is 16.9 Å². The van der Waals surface area contributed by atoms with Crippen molar-refractivity contribution in [3.8, 4) is 24.6 Å². The van der Waals surface area contributed by atoms with Crippen molar-refractivity contribution in [3.63, 3.8) is 0 Å². The van der Waals surface area contributed by atoms with E-state index in [1.54, 1.807) is 30.3 Å². The second-order valence-electron chi connectivity index (χ2n) is 6.19. The lowest BCUT2D eigenvalue weighted by Crippen LogP contribution is -2.23. The summed E-state index contributed by atoms with van der Waals surface area (Å²) < 4.78 is 1.89. The summed E-state index contributed by atoms with van der Waals surface area (Å²) >= 11 is 0. The molecular formula is C22H17N7. The molecule has 3 aromatic rings. The van der Waals surface area contributed by atoms with Crippen molar-refractivity contribution in [2.75, 3.05) is 10.6 Å². The molecular weight excluding hydrogens is 362 g/mol. The van der Waals surface area contributed by atoms with Crippen molar-refractivity contribution in [3.05, 3.63) is 59.2 Å². The molecule has 0 unspecified atom stereocenters. The molecule has 2 aromatic carbocycles. The molecule has 29 heavy (non-hydrogen) atoms. The first-order valence-corrected chi connectivity index (χ1v) is 8.66. The minimum atomic E-state index is 0.331. The maximum absolute atomic E-state index is 8.91. The van der Waals surface area contributed by atoms with Crippen molar-refractivity contribution >= 4 is 34.7 Å². The molecule has 3 rings (SSSR count). The van der Waals surface area contributed by atoms with E-state index in [0.717, 1.165) is 27.8 Å². The van der Waals surface area contributed by atoms with E-state index in [2.05, 4.69) is 32.7 Å². The van der Waals surface area contributed by atoms with Gasteiger partial charge in [0.2, 0.25) is 11.9 Å². The molecule has 0 atom stereocenters. The van der Waals surface area contributed by atoms with Gasteiger partial charge in [-0.2, -0.15) is 15.5 Å². The Morgan fingerprint density at radius 2 is 1.97 bits per heavy atom. The zero-order valence-electron chi connectivity index (χ0n) is 15.9. The largest absolute Gasteiger partial charge is 0.325 e. The van der Waals surface area contributed by atoms with Crippen LogP contribution in [0.2, 0.25) is 0 Å². The lowest BCUT2D eigenvalue weighted by Gasteiger charge is -2.11. The van der Waals surface area contributed by atoms with Gasteiger partial charge in [0, 0.05) is 24.9 Å². The standard InChI is InChI=1S/C22H17N7/c1-4-25-21(26-18-9-7-16(14-24)8-10-18)28-22-27-20-15(2)12-17(6-5-11-23)13-19(20)29(22)3/h1,5-10,12-13H,2-3H3,(H2,25,26,27,28)/b6-5+. The van der Waals surface area contributed by atoms with E-state index in [0.29, 0.717) is 17.5 Å². The topological polar surface area (TPSA) is 102 Å². The number of aryl methyl sites for hydroxylation is 2. The van der Waals surface area contributed by atoms with Crippen LogP contribution < -0.4 is 10.6 Å². The maximum Gasteiger partial charge on any atom is 0.216 e. The van der Waals surface area contributed by atoms with Crippen LogP contribution in [-0.2, 0) is 7.05 Å². The average molecular weight is 379 g/mol. The third-order valence-corrected chi connectivity index (χ3v) is 4.23. The average Bonchev–Trinajstić information content (AvgIpc) is 3.03. The Morgan fingerprint density at radius 3 is 2.62 bits per heavy atom. The van der Waals surface area contributed by atoms with Gasteiger partial charge in [0.05, 0.1) is 28.7 Å². The van der Waals surface area contributed by atoms with Gasteiger partial charge in [-0.05, 0) is 60.5 Å². The number of hydrogen-bond acceptors (Lipinski definition) is 4. The van der Waals surface area contributed by atoms with E-state index in [1.807, 2.05) is 36.7 Å². The summed E-state index contributed by atoms with van der Waals surface area (Å²) in [5, 5.41) is 23.9. The number of rotatable bonds is 3. The molecule has 7 heteroatoms. The van der Waals surface area contributed by atoms with Gasteiger partial charge in [-0.25, -0.2) is 4.98 Å². The number of aliphatic imine (C=N–C) groups is 1. The Balaban J connectivity index is 1.93. The first kappa shape index (κ1) is 19.2. The third-order valence-electron chi connectivity index (χ3n) is 4.23. The molecule has 140 valence electrons. The lowest BCUT2D eigenvalue weighted by atomic mass is 10.1. The predicted molar refractivity (Wildman–Crippen MR) is 115 cm³/mol. The number of allylic oxidation sites excluding steroid dienone is 1. The van der Waals surface area contributed by atoms with Crippen molar-refractivity contribution in [1.29, 1.82) is 10.5 Å². The number of aromatic nitrogens is 2. The van der Waals surface area contributed by atoms with E-state index in [1.165, 1.54) is 6.08 Å². The van der Waals surface area contributed by atoms with E-state index in [9.17, 15) is 0 Å². The highest BCUT2D eigenvalue weighted by molar-refractivity contribution is 6.04. The van der Waals surface area contributed by atoms with Crippen LogP contribution in [0.3, 0.4) is 0 Å². The molecule has 0 aliphatic carbocycles. The highest BCUT2D eigenvalue weighted by Crippen LogP contribution is 2.24. The summed E-state index contributed by atoms with van der Waals surface area (Å²) in [5.41, 5.74) is 4.93. The maximum atomic E-state index is 8.91. The minimum absolute atomic E-state index is 0.331. The molecule has 1 heterocycles. The molecule has 0 saturated heterocycles. The zero-order valence-corrected chi connectivity index (χ0v) is 15.9. The fourth-order valence-corrected chi connectivity index (χ4v) is 2.85. The third kappa shape index (κ3) is 4.24. The monoisotopic (exact) mass is 379 g/mol. The first-order valence-electron chi connectivity index (χ1n) is 8.66. The van der Waals surface area contributed by atoms with Gasteiger partial charge in [-0.3, -0.25) is 5.32 Å². The van der Waals surface area contributed by atoms with Gasteiger partial charge in [0.15, 0.2) is 0 Å². The Bertz CT molecular complexity index is 1240. The molecule has 0 amide bonds. The number of nitrogens with one attached hydrogen (secondary N) is 2. The number of nitriles is 2. The summed E-state index contributed by atoms with van der Waals surface area (Å²) in [6.45, 7) is 1.97. The fourth-order valence-electron chi connectivity index (χ4n) is 2.85. The highest BCUT2D eigenvalue weighted by atomic mass is 15.3. The molecule has 7 nitrogen and oxygen atoms in total. The number of guanidine groups is 1. The van der Waals surface area contributed by atoms with Gasteiger partial charge in [-0.1, -0.05) is 6.42 Å². The molecule has 0 bridgehead atoms. The van der Waals surface area contributed by atoms with Crippen LogP contribution >= 0.6 is 0 Å². The van der Waals surface area contributed by atoms with Crippen LogP contribution in [0.4, 0.5) is 11.6 Å². The second-order valence-corrected chi connectivity index (χ2v) is 6.19. The second kappa shape index (κ2) is 8.43. The molecule has 0 aliphatic heterocycles. The lowest BCUT2D eigenvalue weighted by molar-refractivity contribution is 0.960. The smallest absolute Gasteiger partial charge is 0.216 e. The number of fused-ring (bicyclic) bond motifs is 1. The molecule has 0 saturated carbocycles. The Kier molecular flexibility index (Phi) is 5.59.